The fourth-order valence-corrected chi connectivity index (χ4v) is 8.12. The third-order valence-electron chi connectivity index (χ3n) is 9.70. The van der Waals surface area contributed by atoms with Gasteiger partial charge in [0.2, 0.25) is 10.0 Å². The van der Waals surface area contributed by atoms with E-state index < -0.39 is 26.8 Å². The number of hydrogen-bond acceptors (Lipinski definition) is 7. The van der Waals surface area contributed by atoms with Gasteiger partial charge >= 0.3 is 0 Å². The van der Waals surface area contributed by atoms with Crippen molar-refractivity contribution >= 4 is 33.2 Å². The number of ether oxygens (including phenoxy) is 1. The lowest BCUT2D eigenvalue weighted by atomic mass is 9.63. The molecule has 2 heterocycles. The second-order valence-electron chi connectivity index (χ2n) is 12.5. The number of anilines is 1. The molecule has 2 aromatic carbocycles. The zero-order valence-corrected chi connectivity index (χ0v) is 26.5. The number of hydrogen-bond donors (Lipinski definition) is 3. The Labute approximate surface area is 260 Å². The van der Waals surface area contributed by atoms with Gasteiger partial charge in [-0.3, -0.25) is 4.79 Å². The summed E-state index contributed by atoms with van der Waals surface area (Å²) in [5.74, 6) is -0.263. The van der Waals surface area contributed by atoms with E-state index in [0.29, 0.717) is 36.9 Å². The molecule has 1 amide bonds. The molecule has 2 aromatic rings. The number of aliphatic hydroxyl groups excluding tert-OH is 1. The van der Waals surface area contributed by atoms with E-state index in [1.54, 1.807) is 31.2 Å². The minimum atomic E-state index is -3.97. The average molecular weight is 631 g/mol. The molecule has 5 rings (SSSR count). The number of benzene rings is 2. The van der Waals surface area contributed by atoms with Crippen LogP contribution in [0.25, 0.3) is 0 Å². The summed E-state index contributed by atoms with van der Waals surface area (Å²) in [5.41, 5.74) is 1.97. The normalized spacial score (nSPS) is 30.3. The van der Waals surface area contributed by atoms with E-state index in [1.807, 2.05) is 31.2 Å². The molecular formula is C33H43ClN2O6S. The zero-order chi connectivity index (χ0) is 30.8. The molecule has 0 aromatic heterocycles. The summed E-state index contributed by atoms with van der Waals surface area (Å²) in [6, 6.07) is 10.9. The van der Waals surface area contributed by atoms with Gasteiger partial charge in [0.05, 0.1) is 16.5 Å². The van der Waals surface area contributed by atoms with Gasteiger partial charge in [0.15, 0.2) is 0 Å². The van der Waals surface area contributed by atoms with Gasteiger partial charge in [-0.1, -0.05) is 36.7 Å². The standard InChI is InChI=1S/C33H43ClN2O6S/c1-22-6-5-14-33(39,15-17-37)29-12-9-26(29)20-36-16-4-3-7-24-18-28(34)11-8-27(24)21-42-31-13-10-25(19-30(31)36)32(38)35-43(40,41)23(22)2/h5,8,10-11,13-14,18-19,22-23,26,29,37,39H,3-4,6-7,9,12,15-17,20-21H2,1-2H3,(H,35,38)/b14-5+/t22-,23+,26-,29+,33-/m0/s1. The molecule has 0 spiro atoms. The van der Waals surface area contributed by atoms with Crippen molar-refractivity contribution in [1.29, 1.82) is 0 Å². The van der Waals surface area contributed by atoms with Crippen LogP contribution >= 0.6 is 11.6 Å². The molecule has 234 valence electrons. The van der Waals surface area contributed by atoms with Crippen molar-refractivity contribution < 1.29 is 28.2 Å². The van der Waals surface area contributed by atoms with Crippen molar-refractivity contribution in [2.45, 2.75) is 76.3 Å². The number of carbonyl (C=O) groups is 1. The highest BCUT2D eigenvalue weighted by Crippen LogP contribution is 2.46. The number of aryl methyl sites for hydroxylation is 1. The number of sulfonamides is 1. The molecule has 1 fully saturated rings. The first-order chi connectivity index (χ1) is 20.5. The van der Waals surface area contributed by atoms with Crippen LogP contribution in [0.2, 0.25) is 5.02 Å². The van der Waals surface area contributed by atoms with Crippen LogP contribution in [-0.2, 0) is 23.1 Å². The molecule has 2 bridgehead atoms. The Bertz CT molecular complexity index is 1460. The zero-order valence-electron chi connectivity index (χ0n) is 25.0. The highest BCUT2D eigenvalue weighted by molar-refractivity contribution is 7.90. The smallest absolute Gasteiger partial charge is 0.264 e. The summed E-state index contributed by atoms with van der Waals surface area (Å²) in [7, 11) is -3.97. The molecule has 0 unspecified atom stereocenters. The molecular weight excluding hydrogens is 588 g/mol. The third kappa shape index (κ3) is 7.06. The SMILES string of the molecule is C[C@@H]1[C@@H](C)C/C=C/[C@](O)(CCO)[C@@H]2CC[C@H]2CN2CCCCc3cc(Cl)ccc3COc3ccc(cc32)C(=O)NS1(=O)=O. The fourth-order valence-electron chi connectivity index (χ4n) is 6.65. The van der Waals surface area contributed by atoms with Crippen molar-refractivity contribution in [3.63, 3.8) is 0 Å². The lowest BCUT2D eigenvalue weighted by molar-refractivity contribution is -0.0582. The maximum absolute atomic E-state index is 13.3. The molecule has 0 radical (unpaired) electrons. The first-order valence-corrected chi connectivity index (χ1v) is 17.3. The Morgan fingerprint density at radius 3 is 2.67 bits per heavy atom. The van der Waals surface area contributed by atoms with Crippen LogP contribution in [0.15, 0.2) is 48.6 Å². The summed E-state index contributed by atoms with van der Waals surface area (Å²) in [6.07, 6.45) is 8.67. The maximum Gasteiger partial charge on any atom is 0.264 e. The van der Waals surface area contributed by atoms with Crippen LogP contribution < -0.4 is 14.4 Å². The highest BCUT2D eigenvalue weighted by Gasteiger charge is 2.45. The largest absolute Gasteiger partial charge is 0.487 e. The van der Waals surface area contributed by atoms with Crippen molar-refractivity contribution in [3.8, 4) is 5.75 Å². The van der Waals surface area contributed by atoms with Gasteiger partial charge in [-0.15, -0.1) is 0 Å². The van der Waals surface area contributed by atoms with Crippen LogP contribution in [0.5, 0.6) is 5.75 Å². The van der Waals surface area contributed by atoms with Crippen LogP contribution in [0.4, 0.5) is 5.69 Å². The van der Waals surface area contributed by atoms with Gasteiger partial charge in [-0.25, -0.2) is 13.1 Å². The second-order valence-corrected chi connectivity index (χ2v) is 15.0. The van der Waals surface area contributed by atoms with E-state index in [0.717, 1.165) is 48.9 Å². The molecule has 43 heavy (non-hydrogen) atoms. The lowest BCUT2D eigenvalue weighted by Crippen LogP contribution is -2.50. The summed E-state index contributed by atoms with van der Waals surface area (Å²) in [6.45, 7) is 4.93. The predicted octanol–water partition coefficient (Wildman–Crippen LogP) is 5.25. The Morgan fingerprint density at radius 1 is 1.12 bits per heavy atom. The van der Waals surface area contributed by atoms with Crippen LogP contribution in [0.1, 0.15) is 73.9 Å². The summed E-state index contributed by atoms with van der Waals surface area (Å²) < 4.78 is 35.1. The Hall–Kier alpha value is -2.59. The molecule has 2 aliphatic heterocycles. The number of aliphatic hydroxyl groups is 2. The summed E-state index contributed by atoms with van der Waals surface area (Å²) in [5, 5.41) is 21.5. The number of amides is 1. The number of nitrogens with one attached hydrogen (secondary N) is 1. The quantitative estimate of drug-likeness (QED) is 0.388. The molecule has 8 nitrogen and oxygen atoms in total. The first-order valence-electron chi connectivity index (χ1n) is 15.4. The molecule has 0 saturated heterocycles. The lowest BCUT2D eigenvalue weighted by Gasteiger charge is -2.48. The van der Waals surface area contributed by atoms with E-state index in [-0.39, 0.29) is 36.3 Å². The van der Waals surface area contributed by atoms with Crippen molar-refractivity contribution in [2.24, 2.45) is 17.8 Å². The molecule has 3 aliphatic rings. The van der Waals surface area contributed by atoms with Gasteiger partial charge in [-0.2, -0.15) is 0 Å². The summed E-state index contributed by atoms with van der Waals surface area (Å²) >= 11 is 6.31. The van der Waals surface area contributed by atoms with Gasteiger partial charge < -0.3 is 19.8 Å². The monoisotopic (exact) mass is 630 g/mol. The average Bonchev–Trinajstić information content (AvgIpc) is 2.97. The number of nitrogens with zero attached hydrogens (tertiary/aromatic N) is 1. The van der Waals surface area contributed by atoms with Gasteiger partial charge in [0, 0.05) is 36.7 Å². The van der Waals surface area contributed by atoms with Crippen molar-refractivity contribution in [2.75, 3.05) is 24.6 Å². The topological polar surface area (TPSA) is 116 Å². The van der Waals surface area contributed by atoms with E-state index in [2.05, 4.69) is 9.62 Å². The molecule has 3 N–H and O–H groups in total. The van der Waals surface area contributed by atoms with Crippen LogP contribution in [0, 0.1) is 17.8 Å². The maximum atomic E-state index is 13.3. The molecule has 5 atom stereocenters. The van der Waals surface area contributed by atoms with Gasteiger partial charge in [0.1, 0.15) is 12.4 Å². The van der Waals surface area contributed by atoms with Gasteiger partial charge in [0.25, 0.3) is 5.91 Å². The Kier molecular flexibility index (Phi) is 9.76. The number of halogens is 1. The molecule has 1 saturated carbocycles. The van der Waals surface area contributed by atoms with E-state index in [9.17, 15) is 23.4 Å². The minimum absolute atomic E-state index is 0.0549. The van der Waals surface area contributed by atoms with E-state index in [4.69, 9.17) is 16.3 Å². The van der Waals surface area contributed by atoms with Crippen LogP contribution in [-0.4, -0.2) is 55.1 Å². The highest BCUT2D eigenvalue weighted by atomic mass is 35.5. The number of rotatable bonds is 2. The predicted molar refractivity (Wildman–Crippen MR) is 169 cm³/mol. The second kappa shape index (κ2) is 13.2. The fraction of sp³-hybridized carbons (Fsp3) is 0.545. The Balaban J connectivity index is 1.57. The number of allylic oxidation sites excluding steroid dienone is 1. The van der Waals surface area contributed by atoms with Crippen molar-refractivity contribution in [3.05, 3.63) is 70.3 Å². The minimum Gasteiger partial charge on any atom is -0.487 e. The van der Waals surface area contributed by atoms with Crippen molar-refractivity contribution in [1.82, 2.24) is 4.72 Å². The number of carbonyl (C=O) groups excluding carboxylic acids is 1. The molecule has 1 aliphatic carbocycles. The van der Waals surface area contributed by atoms with Gasteiger partial charge in [-0.05, 0) is 105 Å². The van der Waals surface area contributed by atoms with Crippen LogP contribution in [0.3, 0.4) is 0 Å². The molecule has 10 heteroatoms. The Morgan fingerprint density at radius 2 is 1.93 bits per heavy atom. The number of fused-ring (bicyclic) bond motifs is 3. The summed E-state index contributed by atoms with van der Waals surface area (Å²) in [4.78, 5) is 15.6. The first kappa shape index (κ1) is 31.8. The van der Waals surface area contributed by atoms with E-state index >= 15 is 0 Å². The third-order valence-corrected chi connectivity index (χ3v) is 11.9. The van der Waals surface area contributed by atoms with E-state index in [1.165, 1.54) is 0 Å².